The molecule has 0 spiro atoms. The molecule has 15 nitrogen and oxygen atoms in total. The highest BCUT2D eigenvalue weighted by molar-refractivity contribution is 7.79. The molecule has 0 radical (unpaired) electrons. The maximum atomic E-state index is 10.3. The quantitative estimate of drug-likeness (QED) is 0.147. The zero-order valence-corrected chi connectivity index (χ0v) is 14.8. The molecule has 3 heterocycles. The molecule has 0 unspecified atom stereocenters. The minimum atomic E-state index is -4.67. The van der Waals surface area contributed by atoms with Gasteiger partial charge in [0.1, 0.15) is 42.7 Å². The van der Waals surface area contributed by atoms with Gasteiger partial charge in [0, 0.05) is 0 Å². The van der Waals surface area contributed by atoms with Crippen molar-refractivity contribution in [2.45, 2.75) is 61.1 Å². The molecule has 0 aliphatic carbocycles. The summed E-state index contributed by atoms with van der Waals surface area (Å²) in [6.45, 7) is -0.761. The highest BCUT2D eigenvalue weighted by Gasteiger charge is 2.58. The van der Waals surface area contributed by atoms with Gasteiger partial charge in [0.25, 0.3) is 0 Å². The first-order valence-electron chi connectivity index (χ1n) is 7.84. The van der Waals surface area contributed by atoms with Crippen molar-refractivity contribution in [3.63, 3.8) is 0 Å². The minimum absolute atomic E-state index is 0.00516. The van der Waals surface area contributed by atoms with E-state index in [0.29, 0.717) is 0 Å². The van der Waals surface area contributed by atoms with Gasteiger partial charge in [-0.25, -0.2) is 0 Å². The lowest BCUT2D eigenvalue weighted by Crippen LogP contribution is -2.68. The Labute approximate surface area is 157 Å². The second-order valence-electron chi connectivity index (χ2n) is 6.28. The molecule has 0 saturated carbocycles. The number of fused-ring (bicyclic) bond motifs is 2. The van der Waals surface area contributed by atoms with E-state index in [0.717, 1.165) is 0 Å². The van der Waals surface area contributed by atoms with Gasteiger partial charge < -0.3 is 50.0 Å². The predicted molar refractivity (Wildman–Crippen MR) is 80.6 cm³/mol. The molecule has 3 aliphatic rings. The van der Waals surface area contributed by atoms with Crippen molar-refractivity contribution in [3.8, 4) is 0 Å². The second kappa shape index (κ2) is 8.66. The van der Waals surface area contributed by atoms with Gasteiger partial charge in [-0.05, 0) is 0 Å². The Balaban J connectivity index is 0.000000500. The van der Waals surface area contributed by atoms with Crippen LogP contribution < -0.4 is 0 Å². The summed E-state index contributed by atoms with van der Waals surface area (Å²) in [4.78, 5) is 0. The van der Waals surface area contributed by atoms with E-state index in [1.54, 1.807) is 0 Å². The molecule has 28 heavy (non-hydrogen) atoms. The van der Waals surface area contributed by atoms with E-state index in [-0.39, 0.29) is 6.61 Å². The summed E-state index contributed by atoms with van der Waals surface area (Å²) in [5.74, 6) is -2.85. The van der Waals surface area contributed by atoms with E-state index in [1.165, 1.54) is 0 Å². The van der Waals surface area contributed by atoms with Gasteiger partial charge >= 0.3 is 16.4 Å². The summed E-state index contributed by atoms with van der Waals surface area (Å²) in [6, 6.07) is 0. The smallest absolute Gasteiger partial charge is 0.394 e. The summed E-state index contributed by atoms with van der Waals surface area (Å²) < 4.78 is 51.9. The van der Waals surface area contributed by atoms with E-state index < -0.39 is 78.1 Å². The van der Waals surface area contributed by atoms with E-state index in [1.807, 2.05) is 0 Å². The Morgan fingerprint density at radius 1 is 1.00 bits per heavy atom. The zero-order valence-electron chi connectivity index (χ0n) is 14.0. The zero-order chi connectivity index (χ0) is 21.4. The van der Waals surface area contributed by atoms with Crippen LogP contribution in [0.5, 0.6) is 0 Å². The van der Waals surface area contributed by atoms with Gasteiger partial charge in [-0.1, -0.05) is 0 Å². The molecule has 3 rings (SSSR count). The van der Waals surface area contributed by atoms with Gasteiger partial charge in [-0.2, -0.15) is 8.42 Å². The SMILES string of the molecule is O=S(=O)(O)O.OC[C@H]1O[C@](O)(O[C@H]2O[C@@H]3CO[C@H]([C@H]3O)[C@H]2O)[C@H](O)[C@@H](O)[C@H]1O. The van der Waals surface area contributed by atoms with Crippen LogP contribution in [0.3, 0.4) is 0 Å². The van der Waals surface area contributed by atoms with Crippen LogP contribution in [-0.4, -0.2) is 128 Å². The van der Waals surface area contributed by atoms with Crippen LogP contribution in [0.2, 0.25) is 0 Å². The third-order valence-corrected chi connectivity index (χ3v) is 4.31. The molecule has 0 aromatic heterocycles. The van der Waals surface area contributed by atoms with Crippen molar-refractivity contribution in [2.24, 2.45) is 0 Å². The van der Waals surface area contributed by atoms with Crippen molar-refractivity contribution in [3.05, 3.63) is 0 Å². The number of rotatable bonds is 3. The Bertz CT molecular complexity index is 619. The number of hydrogen-bond donors (Lipinski definition) is 9. The molecule has 10 atom stereocenters. The molecule has 0 aromatic rings. The first-order chi connectivity index (χ1) is 12.8. The minimum Gasteiger partial charge on any atom is -0.394 e. The number of aliphatic hydroxyl groups is 7. The van der Waals surface area contributed by atoms with Crippen LogP contribution in [0.15, 0.2) is 0 Å². The van der Waals surface area contributed by atoms with Crippen molar-refractivity contribution in [1.29, 1.82) is 0 Å². The van der Waals surface area contributed by atoms with Crippen molar-refractivity contribution >= 4 is 10.4 Å². The van der Waals surface area contributed by atoms with E-state index in [4.69, 9.17) is 41.6 Å². The van der Waals surface area contributed by atoms with E-state index in [2.05, 4.69) is 0 Å². The molecule has 16 heteroatoms. The first kappa shape index (κ1) is 23.7. The summed E-state index contributed by atoms with van der Waals surface area (Å²) in [5, 5.41) is 68.5. The molecule has 3 fully saturated rings. The second-order valence-corrected chi connectivity index (χ2v) is 7.18. The van der Waals surface area contributed by atoms with E-state index >= 15 is 0 Å². The lowest BCUT2D eigenvalue weighted by Gasteiger charge is -2.47. The molecule has 3 aliphatic heterocycles. The average molecular weight is 438 g/mol. The van der Waals surface area contributed by atoms with Crippen molar-refractivity contribution in [2.75, 3.05) is 13.2 Å². The van der Waals surface area contributed by atoms with Crippen LogP contribution in [0.25, 0.3) is 0 Å². The molecular formula is C12H22O15S. The van der Waals surface area contributed by atoms with Crippen LogP contribution in [0.4, 0.5) is 0 Å². The topological polar surface area (TPSA) is 253 Å². The highest BCUT2D eigenvalue weighted by atomic mass is 32.3. The molecule has 0 aromatic carbocycles. The number of aliphatic hydroxyl groups excluding tert-OH is 6. The Kier molecular flexibility index (Phi) is 7.33. The Morgan fingerprint density at radius 3 is 2.11 bits per heavy atom. The summed E-state index contributed by atoms with van der Waals surface area (Å²) in [5.41, 5.74) is 0. The molecular weight excluding hydrogens is 416 g/mol. The molecule has 3 saturated heterocycles. The maximum absolute atomic E-state index is 10.3. The number of ether oxygens (including phenoxy) is 4. The molecule has 166 valence electrons. The standard InChI is InChI=1S/C12H20O11.H2O4S/c13-1-3-5(14)7(16)10(18)12(19,22-3)23-11-8(17)9-6(15)4(21-11)2-20-9;1-5(2,3)4/h3-11,13-19H,1-2H2;(H2,1,2,3,4)/t3-,4-,5+,6+,7+,8-,9-,10-,11-,12+;/m1./s1. The summed E-state index contributed by atoms with van der Waals surface area (Å²) in [6.07, 6.45) is -13.0. The Hall–Kier alpha value is -0.570. The lowest BCUT2D eigenvalue weighted by molar-refractivity contribution is -0.485. The first-order valence-corrected chi connectivity index (χ1v) is 9.24. The fourth-order valence-corrected chi connectivity index (χ4v) is 2.93. The fraction of sp³-hybridized carbons (Fsp3) is 1.00. The summed E-state index contributed by atoms with van der Waals surface area (Å²) in [7, 11) is -4.67. The van der Waals surface area contributed by atoms with Crippen LogP contribution in [0.1, 0.15) is 0 Å². The third kappa shape index (κ3) is 5.12. The van der Waals surface area contributed by atoms with Gasteiger partial charge in [-0.15, -0.1) is 0 Å². The van der Waals surface area contributed by atoms with Crippen LogP contribution in [-0.2, 0) is 29.3 Å². The van der Waals surface area contributed by atoms with Gasteiger partial charge in [0.05, 0.1) is 13.2 Å². The van der Waals surface area contributed by atoms with Gasteiger partial charge in [0.15, 0.2) is 12.4 Å². The lowest BCUT2D eigenvalue weighted by atomic mass is 9.97. The molecule has 2 bridgehead atoms. The number of hydrogen-bond acceptors (Lipinski definition) is 13. The van der Waals surface area contributed by atoms with Gasteiger partial charge in [-0.3, -0.25) is 13.8 Å². The van der Waals surface area contributed by atoms with Crippen molar-refractivity contribution in [1.82, 2.24) is 0 Å². The average Bonchev–Trinajstić information content (AvgIpc) is 2.85. The van der Waals surface area contributed by atoms with Gasteiger partial charge in [0.2, 0.25) is 0 Å². The fourth-order valence-electron chi connectivity index (χ4n) is 2.93. The summed E-state index contributed by atoms with van der Waals surface area (Å²) >= 11 is 0. The predicted octanol–water partition coefficient (Wildman–Crippen LogP) is -5.68. The van der Waals surface area contributed by atoms with Crippen LogP contribution >= 0.6 is 0 Å². The normalized spacial score (nSPS) is 48.7. The molecule has 0 amide bonds. The van der Waals surface area contributed by atoms with Crippen LogP contribution in [0, 0.1) is 0 Å². The Morgan fingerprint density at radius 2 is 1.57 bits per heavy atom. The third-order valence-electron chi connectivity index (χ3n) is 4.31. The molecule has 9 N–H and O–H groups in total. The van der Waals surface area contributed by atoms with E-state index in [9.17, 15) is 30.6 Å². The monoisotopic (exact) mass is 438 g/mol. The highest BCUT2D eigenvalue weighted by Crippen LogP contribution is 2.35. The van der Waals surface area contributed by atoms with Crippen molar-refractivity contribution < 1.29 is 72.2 Å². The maximum Gasteiger partial charge on any atom is 0.394 e. The largest absolute Gasteiger partial charge is 0.394 e.